The van der Waals surface area contributed by atoms with Crippen LogP contribution in [0.2, 0.25) is 0 Å². The maximum Gasteiger partial charge on any atom is 0.0626 e. The SMILES string of the molecule is OCCC(CNC1COCC1c1ccccc1)c1ccccc1. The third kappa shape index (κ3) is 4.20. The van der Waals surface area contributed by atoms with Crippen LogP contribution in [-0.2, 0) is 4.74 Å². The minimum atomic E-state index is 0.213. The number of aliphatic hydroxyl groups is 1. The molecule has 3 rings (SSSR count). The lowest BCUT2D eigenvalue weighted by Gasteiger charge is -2.23. The first-order chi connectivity index (χ1) is 11.4. The minimum Gasteiger partial charge on any atom is -0.396 e. The molecule has 3 heteroatoms. The predicted octanol–water partition coefficient (Wildman–Crippen LogP) is 2.92. The molecule has 0 aliphatic carbocycles. The van der Waals surface area contributed by atoms with Crippen molar-refractivity contribution in [1.82, 2.24) is 5.32 Å². The van der Waals surface area contributed by atoms with Crippen molar-refractivity contribution in [3.63, 3.8) is 0 Å². The van der Waals surface area contributed by atoms with Crippen molar-refractivity contribution in [2.45, 2.75) is 24.3 Å². The van der Waals surface area contributed by atoms with E-state index in [1.54, 1.807) is 0 Å². The first-order valence-corrected chi connectivity index (χ1v) is 8.40. The molecule has 0 bridgehead atoms. The van der Waals surface area contributed by atoms with Gasteiger partial charge in [-0.2, -0.15) is 0 Å². The molecule has 1 saturated heterocycles. The monoisotopic (exact) mass is 311 g/mol. The highest BCUT2D eigenvalue weighted by Crippen LogP contribution is 2.26. The fraction of sp³-hybridized carbons (Fsp3) is 0.400. The van der Waals surface area contributed by atoms with Crippen molar-refractivity contribution in [2.75, 3.05) is 26.4 Å². The highest BCUT2D eigenvalue weighted by Gasteiger charge is 2.29. The van der Waals surface area contributed by atoms with Crippen molar-refractivity contribution in [1.29, 1.82) is 0 Å². The van der Waals surface area contributed by atoms with E-state index in [9.17, 15) is 5.11 Å². The Labute approximate surface area is 138 Å². The summed E-state index contributed by atoms with van der Waals surface area (Å²) in [6.45, 7) is 2.60. The van der Waals surface area contributed by atoms with Gasteiger partial charge in [0.2, 0.25) is 0 Å². The van der Waals surface area contributed by atoms with E-state index in [1.165, 1.54) is 11.1 Å². The van der Waals surface area contributed by atoms with Crippen LogP contribution in [0.25, 0.3) is 0 Å². The van der Waals surface area contributed by atoms with Crippen LogP contribution >= 0.6 is 0 Å². The zero-order valence-corrected chi connectivity index (χ0v) is 13.4. The van der Waals surface area contributed by atoms with Gasteiger partial charge in [-0.05, 0) is 23.5 Å². The second-order valence-electron chi connectivity index (χ2n) is 6.19. The van der Waals surface area contributed by atoms with Crippen LogP contribution in [0.5, 0.6) is 0 Å². The summed E-state index contributed by atoms with van der Waals surface area (Å²) in [5.74, 6) is 0.736. The molecule has 1 fully saturated rings. The van der Waals surface area contributed by atoms with Crippen LogP contribution < -0.4 is 5.32 Å². The number of ether oxygens (including phenoxy) is 1. The zero-order chi connectivity index (χ0) is 15.9. The van der Waals surface area contributed by atoms with E-state index in [2.05, 4.69) is 59.9 Å². The van der Waals surface area contributed by atoms with E-state index in [0.29, 0.717) is 17.9 Å². The number of nitrogens with one attached hydrogen (secondary N) is 1. The van der Waals surface area contributed by atoms with Crippen molar-refractivity contribution in [3.8, 4) is 0 Å². The van der Waals surface area contributed by atoms with Gasteiger partial charge in [0.15, 0.2) is 0 Å². The Morgan fingerprint density at radius 1 is 1.00 bits per heavy atom. The molecule has 2 aromatic rings. The molecule has 3 nitrogen and oxygen atoms in total. The van der Waals surface area contributed by atoms with E-state index >= 15 is 0 Å². The number of aliphatic hydroxyl groups excluding tert-OH is 1. The number of hydrogen-bond acceptors (Lipinski definition) is 3. The molecule has 0 radical (unpaired) electrons. The van der Waals surface area contributed by atoms with Gasteiger partial charge >= 0.3 is 0 Å². The van der Waals surface area contributed by atoms with Crippen LogP contribution in [0.3, 0.4) is 0 Å². The van der Waals surface area contributed by atoms with Crippen molar-refractivity contribution in [2.24, 2.45) is 0 Å². The van der Waals surface area contributed by atoms with Crippen LogP contribution in [0.4, 0.5) is 0 Å². The molecule has 1 aliphatic rings. The lowest BCUT2D eigenvalue weighted by molar-refractivity contribution is 0.187. The van der Waals surface area contributed by atoms with Gasteiger partial charge in [0.05, 0.1) is 13.2 Å². The van der Waals surface area contributed by atoms with E-state index in [-0.39, 0.29) is 6.61 Å². The van der Waals surface area contributed by atoms with E-state index in [1.807, 2.05) is 6.07 Å². The summed E-state index contributed by atoms with van der Waals surface area (Å²) in [6, 6.07) is 21.3. The fourth-order valence-corrected chi connectivity index (χ4v) is 3.35. The summed E-state index contributed by atoms with van der Waals surface area (Å²) in [5, 5.41) is 13.0. The van der Waals surface area contributed by atoms with Gasteiger partial charge in [0.1, 0.15) is 0 Å². The summed E-state index contributed by atoms with van der Waals surface area (Å²) in [4.78, 5) is 0. The maximum atomic E-state index is 9.37. The largest absolute Gasteiger partial charge is 0.396 e. The van der Waals surface area contributed by atoms with Gasteiger partial charge < -0.3 is 15.2 Å². The lowest BCUT2D eigenvalue weighted by atomic mass is 9.92. The van der Waals surface area contributed by atoms with Crippen LogP contribution in [0.15, 0.2) is 60.7 Å². The van der Waals surface area contributed by atoms with Crippen LogP contribution in [-0.4, -0.2) is 37.5 Å². The van der Waals surface area contributed by atoms with Crippen LogP contribution in [0.1, 0.15) is 29.4 Å². The Morgan fingerprint density at radius 3 is 2.39 bits per heavy atom. The second kappa shape index (κ2) is 8.25. The molecule has 3 atom stereocenters. The predicted molar refractivity (Wildman–Crippen MR) is 92.7 cm³/mol. The van der Waals surface area contributed by atoms with Gasteiger partial charge in [-0.3, -0.25) is 0 Å². The van der Waals surface area contributed by atoms with Gasteiger partial charge in [0.25, 0.3) is 0 Å². The molecular formula is C20H25NO2. The molecule has 0 spiro atoms. The van der Waals surface area contributed by atoms with Crippen LogP contribution in [0, 0.1) is 0 Å². The average molecular weight is 311 g/mol. The van der Waals surface area contributed by atoms with E-state index in [0.717, 1.165) is 26.2 Å². The number of hydrogen-bond donors (Lipinski definition) is 2. The van der Waals surface area contributed by atoms with E-state index < -0.39 is 0 Å². The lowest BCUT2D eigenvalue weighted by Crippen LogP contribution is -2.37. The molecule has 122 valence electrons. The number of benzene rings is 2. The van der Waals surface area contributed by atoms with Crippen molar-refractivity contribution in [3.05, 3.63) is 71.8 Å². The molecule has 1 aliphatic heterocycles. The topological polar surface area (TPSA) is 41.5 Å². The Hall–Kier alpha value is -1.68. The fourth-order valence-electron chi connectivity index (χ4n) is 3.35. The maximum absolute atomic E-state index is 9.37. The Kier molecular flexibility index (Phi) is 5.81. The smallest absolute Gasteiger partial charge is 0.0626 e. The molecular weight excluding hydrogens is 286 g/mol. The summed E-state index contributed by atoms with van der Waals surface area (Å²) in [6.07, 6.45) is 0.778. The minimum absolute atomic E-state index is 0.213. The standard InChI is InChI=1S/C20H25NO2/c22-12-11-18(16-7-3-1-4-8-16)13-21-20-15-23-14-19(20)17-9-5-2-6-10-17/h1-10,18-22H,11-15H2. The Bertz CT molecular complexity index is 573. The zero-order valence-electron chi connectivity index (χ0n) is 13.4. The summed E-state index contributed by atoms with van der Waals surface area (Å²) < 4.78 is 5.71. The first kappa shape index (κ1) is 16.2. The third-order valence-electron chi connectivity index (χ3n) is 4.68. The third-order valence-corrected chi connectivity index (χ3v) is 4.68. The Morgan fingerprint density at radius 2 is 1.70 bits per heavy atom. The van der Waals surface area contributed by atoms with Gasteiger partial charge in [-0.1, -0.05) is 60.7 Å². The van der Waals surface area contributed by atoms with Gasteiger partial charge in [-0.25, -0.2) is 0 Å². The molecule has 0 amide bonds. The molecule has 2 aromatic carbocycles. The van der Waals surface area contributed by atoms with E-state index in [4.69, 9.17) is 4.74 Å². The molecule has 0 saturated carbocycles. The highest BCUT2D eigenvalue weighted by molar-refractivity contribution is 5.23. The molecule has 1 heterocycles. The Balaban J connectivity index is 1.63. The average Bonchev–Trinajstić information content (AvgIpc) is 3.09. The normalized spacial score (nSPS) is 22.1. The van der Waals surface area contributed by atoms with Gasteiger partial charge in [-0.15, -0.1) is 0 Å². The summed E-state index contributed by atoms with van der Waals surface area (Å²) in [5.41, 5.74) is 2.62. The second-order valence-corrected chi connectivity index (χ2v) is 6.19. The van der Waals surface area contributed by atoms with Gasteiger partial charge in [0, 0.05) is 25.1 Å². The molecule has 3 unspecified atom stereocenters. The molecule has 0 aromatic heterocycles. The highest BCUT2D eigenvalue weighted by atomic mass is 16.5. The molecule has 23 heavy (non-hydrogen) atoms. The first-order valence-electron chi connectivity index (χ1n) is 8.40. The summed E-state index contributed by atoms with van der Waals surface area (Å²) in [7, 11) is 0. The molecule has 2 N–H and O–H groups in total. The number of rotatable bonds is 7. The summed E-state index contributed by atoms with van der Waals surface area (Å²) >= 11 is 0. The quantitative estimate of drug-likeness (QED) is 0.826. The van der Waals surface area contributed by atoms with Crippen molar-refractivity contribution >= 4 is 0 Å². The van der Waals surface area contributed by atoms with Crippen molar-refractivity contribution < 1.29 is 9.84 Å².